The number of allylic oxidation sites excluding steroid dienone is 2. The quantitative estimate of drug-likeness (QED) is 0.322. The lowest BCUT2D eigenvalue weighted by Crippen LogP contribution is -2.43. The first kappa shape index (κ1) is 15.3. The van der Waals surface area contributed by atoms with E-state index in [9.17, 15) is 4.79 Å². The number of hydrogen-bond acceptors (Lipinski definition) is 2. The third-order valence-corrected chi connectivity index (χ3v) is 8.06. The van der Waals surface area contributed by atoms with Gasteiger partial charge < -0.3 is 4.74 Å². The van der Waals surface area contributed by atoms with E-state index in [1.807, 2.05) is 36.4 Å². The van der Waals surface area contributed by atoms with Crippen LogP contribution in [-0.2, 0) is 4.74 Å². The monoisotopic (exact) mass is 364 g/mol. The highest BCUT2D eigenvalue weighted by atomic mass is 35.5. The number of benzene rings is 2. The van der Waals surface area contributed by atoms with E-state index in [2.05, 4.69) is 18.2 Å². The zero-order valence-electron chi connectivity index (χ0n) is 14.4. The van der Waals surface area contributed by atoms with Crippen LogP contribution in [0, 0.1) is 35.5 Å². The lowest BCUT2D eigenvalue weighted by molar-refractivity contribution is -0.00223. The zero-order chi connectivity index (χ0) is 17.4. The van der Waals surface area contributed by atoms with Crippen molar-refractivity contribution in [3.63, 3.8) is 0 Å². The molecule has 4 aliphatic rings. The number of carbonyl (C=O) groups is 1. The molecule has 3 saturated carbocycles. The van der Waals surface area contributed by atoms with E-state index in [-0.39, 0.29) is 17.5 Å². The Kier molecular flexibility index (Phi) is 3.15. The Balaban J connectivity index is 1.26. The number of hydrogen-bond donors (Lipinski definition) is 0. The Morgan fingerprint density at radius 1 is 0.923 bits per heavy atom. The summed E-state index contributed by atoms with van der Waals surface area (Å²) < 4.78 is 6.01. The number of alkyl halides is 1. The molecule has 4 aliphatic carbocycles. The van der Waals surface area contributed by atoms with Crippen LogP contribution in [0.5, 0.6) is 0 Å². The summed E-state index contributed by atoms with van der Waals surface area (Å²) in [5, 5.41) is 2.17. The molecule has 3 fully saturated rings. The van der Waals surface area contributed by atoms with E-state index in [4.69, 9.17) is 16.3 Å². The Labute approximate surface area is 158 Å². The summed E-state index contributed by atoms with van der Waals surface area (Å²) in [5.74, 6) is 3.55. The second-order valence-electron chi connectivity index (χ2n) is 8.54. The number of carbonyl (C=O) groups excluding carboxylic acids is 1. The molecule has 0 N–H and O–H groups in total. The van der Waals surface area contributed by atoms with E-state index in [1.165, 1.54) is 6.42 Å². The molecule has 0 aromatic heterocycles. The van der Waals surface area contributed by atoms with Gasteiger partial charge in [0.25, 0.3) is 0 Å². The van der Waals surface area contributed by atoms with Gasteiger partial charge in [0.05, 0.1) is 10.9 Å². The predicted molar refractivity (Wildman–Crippen MR) is 102 cm³/mol. The van der Waals surface area contributed by atoms with Gasteiger partial charge in [0.15, 0.2) is 0 Å². The Bertz CT molecular complexity index is 935. The van der Waals surface area contributed by atoms with Gasteiger partial charge in [-0.2, -0.15) is 0 Å². The van der Waals surface area contributed by atoms with Gasteiger partial charge >= 0.3 is 5.97 Å². The van der Waals surface area contributed by atoms with E-state index < -0.39 is 0 Å². The second-order valence-corrected chi connectivity index (χ2v) is 9.05. The minimum atomic E-state index is -0.228. The number of rotatable bonds is 2. The minimum absolute atomic E-state index is 0.0293. The topological polar surface area (TPSA) is 26.3 Å². The Morgan fingerprint density at radius 2 is 1.65 bits per heavy atom. The van der Waals surface area contributed by atoms with Gasteiger partial charge in [0.2, 0.25) is 0 Å². The Hall–Kier alpha value is -1.80. The van der Waals surface area contributed by atoms with Crippen LogP contribution in [0.15, 0.2) is 54.6 Å². The normalized spacial score (nSPS) is 41.7. The number of halogens is 1. The summed E-state index contributed by atoms with van der Waals surface area (Å²) in [6, 6.07) is 13.9. The second kappa shape index (κ2) is 5.36. The standard InChI is InChI=1S/C23H21ClO2/c24-21-17-11-18(20-15-7-6-14(10-15)19(17)20)22(21)26-23(25)16-8-5-12-3-1-2-4-13(12)9-16/h1-9,14-15,17-22H,10-11H2. The molecule has 0 spiro atoms. The third-order valence-electron chi connectivity index (χ3n) is 7.49. The van der Waals surface area contributed by atoms with Crippen molar-refractivity contribution in [2.24, 2.45) is 35.5 Å². The molecule has 2 aromatic carbocycles. The maximum absolute atomic E-state index is 12.8. The molecule has 8 unspecified atom stereocenters. The van der Waals surface area contributed by atoms with Crippen LogP contribution >= 0.6 is 11.6 Å². The molecule has 0 saturated heterocycles. The van der Waals surface area contributed by atoms with Crippen molar-refractivity contribution < 1.29 is 9.53 Å². The zero-order valence-corrected chi connectivity index (χ0v) is 15.2. The summed E-state index contributed by atoms with van der Waals surface area (Å²) in [7, 11) is 0. The first-order valence-corrected chi connectivity index (χ1v) is 10.2. The average molecular weight is 365 g/mol. The van der Waals surface area contributed by atoms with Crippen molar-refractivity contribution in [1.82, 2.24) is 0 Å². The highest BCUT2D eigenvalue weighted by Gasteiger charge is 2.65. The molecule has 8 atom stereocenters. The van der Waals surface area contributed by atoms with Gasteiger partial charge in [-0.3, -0.25) is 0 Å². The van der Waals surface area contributed by atoms with E-state index in [0.29, 0.717) is 29.2 Å². The molecule has 4 bridgehead atoms. The molecular weight excluding hydrogens is 344 g/mol. The van der Waals surface area contributed by atoms with E-state index >= 15 is 0 Å². The summed E-state index contributed by atoms with van der Waals surface area (Å²) in [6.45, 7) is 0. The fourth-order valence-electron chi connectivity index (χ4n) is 6.57. The fraction of sp³-hybridized carbons (Fsp3) is 0.435. The largest absolute Gasteiger partial charge is 0.457 e. The lowest BCUT2D eigenvalue weighted by atomic mass is 9.72. The van der Waals surface area contributed by atoms with Gasteiger partial charge in [-0.25, -0.2) is 4.79 Å². The van der Waals surface area contributed by atoms with E-state index in [1.54, 1.807) is 0 Å². The molecule has 0 heterocycles. The first-order valence-electron chi connectivity index (χ1n) is 9.73. The predicted octanol–water partition coefficient (Wildman–Crippen LogP) is 5.06. The van der Waals surface area contributed by atoms with Crippen molar-refractivity contribution in [3.05, 3.63) is 60.2 Å². The third kappa shape index (κ3) is 1.97. The van der Waals surface area contributed by atoms with Crippen molar-refractivity contribution in [2.75, 3.05) is 0 Å². The number of ether oxygens (including phenoxy) is 1. The van der Waals surface area contributed by atoms with Gasteiger partial charge in [-0.05, 0) is 65.3 Å². The molecule has 6 rings (SSSR count). The van der Waals surface area contributed by atoms with Crippen molar-refractivity contribution in [1.29, 1.82) is 0 Å². The van der Waals surface area contributed by atoms with Crippen molar-refractivity contribution >= 4 is 28.3 Å². The molecular formula is C23H21ClO2. The molecule has 132 valence electrons. The van der Waals surface area contributed by atoms with Crippen LogP contribution in [0.4, 0.5) is 0 Å². The summed E-state index contributed by atoms with van der Waals surface area (Å²) in [5.41, 5.74) is 0.625. The van der Waals surface area contributed by atoms with Crippen LogP contribution in [0.1, 0.15) is 23.2 Å². The molecule has 0 radical (unpaired) electrons. The molecule has 2 nitrogen and oxygen atoms in total. The lowest BCUT2D eigenvalue weighted by Gasteiger charge is -2.39. The summed E-state index contributed by atoms with van der Waals surface area (Å²) >= 11 is 6.80. The smallest absolute Gasteiger partial charge is 0.338 e. The maximum atomic E-state index is 12.8. The van der Waals surface area contributed by atoms with Crippen LogP contribution in [-0.4, -0.2) is 17.5 Å². The highest BCUT2D eigenvalue weighted by Crippen LogP contribution is 2.66. The first-order chi connectivity index (χ1) is 12.7. The van der Waals surface area contributed by atoms with Crippen LogP contribution in [0.3, 0.4) is 0 Å². The molecule has 0 amide bonds. The number of esters is 1. The molecule has 0 aliphatic heterocycles. The summed E-state index contributed by atoms with van der Waals surface area (Å²) in [6.07, 6.45) is 7.10. The molecule has 26 heavy (non-hydrogen) atoms. The maximum Gasteiger partial charge on any atom is 0.338 e. The fourth-order valence-corrected chi connectivity index (χ4v) is 7.08. The van der Waals surface area contributed by atoms with Crippen LogP contribution < -0.4 is 0 Å². The average Bonchev–Trinajstić information content (AvgIpc) is 3.42. The Morgan fingerprint density at radius 3 is 2.46 bits per heavy atom. The van der Waals surface area contributed by atoms with Gasteiger partial charge in [-0.1, -0.05) is 42.5 Å². The highest BCUT2D eigenvalue weighted by molar-refractivity contribution is 6.21. The number of fused-ring (bicyclic) bond motifs is 10. The van der Waals surface area contributed by atoms with Crippen LogP contribution in [0.25, 0.3) is 10.8 Å². The molecule has 3 heteroatoms. The van der Waals surface area contributed by atoms with Gasteiger partial charge in [0, 0.05) is 5.92 Å². The van der Waals surface area contributed by atoms with Gasteiger partial charge in [0.1, 0.15) is 6.10 Å². The van der Waals surface area contributed by atoms with Gasteiger partial charge in [-0.15, -0.1) is 11.6 Å². The van der Waals surface area contributed by atoms with Crippen molar-refractivity contribution in [2.45, 2.75) is 24.3 Å². The SMILES string of the molecule is O=C(OC1C(Cl)C2CC1C1C3C=CC(C3)C21)c1ccc2ccccc2c1. The van der Waals surface area contributed by atoms with Crippen molar-refractivity contribution in [3.8, 4) is 0 Å². The van der Waals surface area contributed by atoms with Crippen LogP contribution in [0.2, 0.25) is 0 Å². The van der Waals surface area contributed by atoms with E-state index in [0.717, 1.165) is 29.0 Å². The molecule has 2 aromatic rings. The minimum Gasteiger partial charge on any atom is -0.457 e. The summed E-state index contributed by atoms with van der Waals surface area (Å²) in [4.78, 5) is 12.8.